The molecule has 0 aromatic heterocycles. The molecule has 0 bridgehead atoms. The van der Waals surface area contributed by atoms with Crippen molar-refractivity contribution >= 4 is 11.9 Å². The fraction of sp³-hybridized carbons (Fsp3) is 0.900. The Balaban J connectivity index is 5.01. The van der Waals surface area contributed by atoms with Crippen LogP contribution in [0.15, 0.2) is 0 Å². The van der Waals surface area contributed by atoms with Gasteiger partial charge in [-0.3, -0.25) is 0 Å². The van der Waals surface area contributed by atoms with Crippen LogP contribution in [0.25, 0.3) is 0 Å². The first-order chi connectivity index (χ1) is 13.3. The third-order valence-corrected chi connectivity index (χ3v) is 5.03. The summed E-state index contributed by atoms with van der Waals surface area (Å²) in [6.07, 6.45) is -1.86. The first kappa shape index (κ1) is 26.8. The first-order valence-corrected chi connectivity index (χ1v) is 10.3. The van der Waals surface area contributed by atoms with E-state index >= 15 is 0 Å². The Labute approximate surface area is 167 Å². The van der Waals surface area contributed by atoms with Crippen molar-refractivity contribution in [1.82, 2.24) is 0 Å². The summed E-state index contributed by atoms with van der Waals surface area (Å²) < 4.78 is 10.5. The number of carbonyl (C=O) groups is 2. The van der Waals surface area contributed by atoms with E-state index < -0.39 is 36.4 Å². The average molecular weight is 407 g/mol. The number of aliphatic hydroxyl groups is 4. The molecule has 166 valence electrons. The number of aliphatic hydroxyl groups excluding tert-OH is 4. The third-order valence-electron chi connectivity index (χ3n) is 5.03. The van der Waals surface area contributed by atoms with Crippen LogP contribution in [0, 0.1) is 11.8 Å². The zero-order valence-electron chi connectivity index (χ0n) is 17.5. The average Bonchev–Trinajstić information content (AvgIpc) is 2.68. The molecule has 8 nitrogen and oxygen atoms in total. The summed E-state index contributed by atoms with van der Waals surface area (Å²) in [5.41, 5.74) is 0. The Morgan fingerprint density at radius 3 is 1.25 bits per heavy atom. The summed E-state index contributed by atoms with van der Waals surface area (Å²) in [5, 5.41) is 39.0. The van der Waals surface area contributed by atoms with E-state index in [1.165, 1.54) is 0 Å². The largest absolute Gasteiger partial charge is 0.460 e. The molecule has 0 aromatic carbocycles. The number of hydrogen-bond donors (Lipinski definition) is 4. The fourth-order valence-corrected chi connectivity index (χ4v) is 3.07. The summed E-state index contributed by atoms with van der Waals surface area (Å²) >= 11 is 0. The smallest absolute Gasteiger partial charge is 0.338 e. The molecule has 0 heterocycles. The Hall–Kier alpha value is -1.22. The summed E-state index contributed by atoms with van der Waals surface area (Å²) in [6.45, 7) is 7.14. The molecule has 0 spiro atoms. The molecule has 6 unspecified atom stereocenters. The minimum atomic E-state index is -2.08. The summed E-state index contributed by atoms with van der Waals surface area (Å²) in [6, 6.07) is 0. The lowest BCUT2D eigenvalue weighted by Crippen LogP contribution is -2.45. The molecule has 0 rings (SSSR count). The molecule has 0 amide bonds. The lowest BCUT2D eigenvalue weighted by molar-refractivity contribution is -0.183. The minimum absolute atomic E-state index is 0.173. The van der Waals surface area contributed by atoms with Crippen molar-refractivity contribution in [1.29, 1.82) is 0 Å². The lowest BCUT2D eigenvalue weighted by atomic mass is 9.96. The van der Waals surface area contributed by atoms with Crippen molar-refractivity contribution in [3.63, 3.8) is 0 Å². The highest BCUT2D eigenvalue weighted by Crippen LogP contribution is 2.20. The lowest BCUT2D eigenvalue weighted by Gasteiger charge is -2.28. The van der Waals surface area contributed by atoms with Crippen molar-refractivity contribution in [2.45, 2.75) is 90.6 Å². The molecule has 0 aliphatic heterocycles. The standard InChI is InChI=1S/C20H38O8/c1-5-9-15(13(7-3)11-21)27-19(25)17(23)18(24)20(26)28-16(10-6-2)14(8-4)12-22/h13-18,21-24H,5-12H2,1-4H3. The molecular weight excluding hydrogens is 368 g/mol. The van der Waals surface area contributed by atoms with E-state index in [1.807, 2.05) is 27.7 Å². The number of hydrogen-bond acceptors (Lipinski definition) is 8. The van der Waals surface area contributed by atoms with E-state index in [-0.39, 0.29) is 25.0 Å². The predicted molar refractivity (Wildman–Crippen MR) is 103 cm³/mol. The van der Waals surface area contributed by atoms with E-state index in [2.05, 4.69) is 0 Å². The summed E-state index contributed by atoms with van der Waals surface area (Å²) in [7, 11) is 0. The van der Waals surface area contributed by atoms with Crippen LogP contribution < -0.4 is 0 Å². The van der Waals surface area contributed by atoms with Crippen LogP contribution in [0.5, 0.6) is 0 Å². The van der Waals surface area contributed by atoms with Gasteiger partial charge in [0.1, 0.15) is 12.2 Å². The van der Waals surface area contributed by atoms with Crippen LogP contribution in [0.3, 0.4) is 0 Å². The third kappa shape index (κ3) is 8.43. The van der Waals surface area contributed by atoms with Gasteiger partial charge in [0.15, 0.2) is 12.2 Å². The first-order valence-electron chi connectivity index (χ1n) is 10.3. The monoisotopic (exact) mass is 406 g/mol. The Bertz CT molecular complexity index is 394. The molecular formula is C20H38O8. The SMILES string of the molecule is CCCC(OC(=O)C(O)C(O)C(=O)OC(CCC)C(CC)CO)C(CC)CO. The zero-order chi connectivity index (χ0) is 21.7. The van der Waals surface area contributed by atoms with E-state index in [4.69, 9.17) is 9.47 Å². The van der Waals surface area contributed by atoms with Crippen molar-refractivity contribution in [2.75, 3.05) is 13.2 Å². The molecule has 0 radical (unpaired) electrons. The molecule has 6 atom stereocenters. The maximum absolute atomic E-state index is 12.2. The molecule has 8 heteroatoms. The summed E-state index contributed by atoms with van der Waals surface area (Å²) in [5.74, 6) is -2.83. The van der Waals surface area contributed by atoms with E-state index in [0.717, 1.165) is 0 Å². The molecule has 0 aliphatic rings. The molecule has 4 N–H and O–H groups in total. The van der Waals surface area contributed by atoms with Gasteiger partial charge < -0.3 is 29.9 Å². The highest BCUT2D eigenvalue weighted by Gasteiger charge is 2.37. The van der Waals surface area contributed by atoms with Gasteiger partial charge in [-0.25, -0.2) is 9.59 Å². The highest BCUT2D eigenvalue weighted by atomic mass is 16.6. The van der Waals surface area contributed by atoms with Crippen molar-refractivity contribution < 1.29 is 39.5 Å². The number of ether oxygens (including phenoxy) is 2. The van der Waals surface area contributed by atoms with Gasteiger partial charge in [-0.1, -0.05) is 40.5 Å². The number of carbonyl (C=O) groups excluding carboxylic acids is 2. The molecule has 0 aromatic rings. The number of esters is 2. The maximum Gasteiger partial charge on any atom is 0.338 e. The minimum Gasteiger partial charge on any atom is -0.460 e. The van der Waals surface area contributed by atoms with Crippen LogP contribution in [0.4, 0.5) is 0 Å². The predicted octanol–water partition coefficient (Wildman–Crippen LogP) is 1.17. The fourth-order valence-electron chi connectivity index (χ4n) is 3.07. The number of rotatable bonds is 15. The van der Waals surface area contributed by atoms with E-state index in [1.54, 1.807) is 0 Å². The molecule has 0 saturated heterocycles. The van der Waals surface area contributed by atoms with Gasteiger partial charge in [0, 0.05) is 25.0 Å². The van der Waals surface area contributed by atoms with Crippen molar-refractivity contribution in [3.8, 4) is 0 Å². The second kappa shape index (κ2) is 14.7. The molecule has 28 heavy (non-hydrogen) atoms. The van der Waals surface area contributed by atoms with Crippen LogP contribution in [-0.2, 0) is 19.1 Å². The molecule has 0 saturated carbocycles. The van der Waals surface area contributed by atoms with Crippen molar-refractivity contribution in [3.05, 3.63) is 0 Å². The van der Waals surface area contributed by atoms with Crippen LogP contribution in [-0.4, -0.2) is 70.0 Å². The maximum atomic E-state index is 12.2. The van der Waals surface area contributed by atoms with Gasteiger partial charge in [0.2, 0.25) is 0 Å². The van der Waals surface area contributed by atoms with E-state index in [9.17, 15) is 30.0 Å². The Morgan fingerprint density at radius 1 is 0.714 bits per heavy atom. The Morgan fingerprint density at radius 2 is 1.04 bits per heavy atom. The van der Waals surface area contributed by atoms with Crippen LogP contribution in [0.1, 0.15) is 66.2 Å². The van der Waals surface area contributed by atoms with Gasteiger partial charge >= 0.3 is 11.9 Å². The highest BCUT2D eigenvalue weighted by molar-refractivity contribution is 5.85. The molecule has 0 fully saturated rings. The van der Waals surface area contributed by atoms with Crippen molar-refractivity contribution in [2.24, 2.45) is 11.8 Å². The molecule has 0 aliphatic carbocycles. The van der Waals surface area contributed by atoms with E-state index in [0.29, 0.717) is 38.5 Å². The normalized spacial score (nSPS) is 17.9. The second-order valence-electron chi connectivity index (χ2n) is 7.12. The zero-order valence-corrected chi connectivity index (χ0v) is 17.5. The summed E-state index contributed by atoms with van der Waals surface area (Å²) in [4.78, 5) is 24.4. The van der Waals surface area contributed by atoms with Gasteiger partial charge in [0.05, 0.1) is 0 Å². The van der Waals surface area contributed by atoms with Gasteiger partial charge in [-0.2, -0.15) is 0 Å². The van der Waals surface area contributed by atoms with Gasteiger partial charge in [-0.15, -0.1) is 0 Å². The quantitative estimate of drug-likeness (QED) is 0.298. The van der Waals surface area contributed by atoms with Crippen LogP contribution in [0.2, 0.25) is 0 Å². The second-order valence-corrected chi connectivity index (χ2v) is 7.12. The van der Waals surface area contributed by atoms with Gasteiger partial charge in [0.25, 0.3) is 0 Å². The van der Waals surface area contributed by atoms with Gasteiger partial charge in [-0.05, 0) is 25.7 Å². The topological polar surface area (TPSA) is 134 Å². The Kier molecular flexibility index (Phi) is 14.1. The van der Waals surface area contributed by atoms with Crippen LogP contribution >= 0.6 is 0 Å².